The van der Waals surface area contributed by atoms with Crippen LogP contribution in [0, 0.1) is 0 Å². The van der Waals surface area contributed by atoms with Gasteiger partial charge in [0.25, 0.3) is 0 Å². The number of carbonyl (C=O) groups excluding carboxylic acids is 1. The first-order chi connectivity index (χ1) is 11.0. The van der Waals surface area contributed by atoms with Crippen LogP contribution in [0.4, 0.5) is 0 Å². The lowest BCUT2D eigenvalue weighted by molar-refractivity contribution is 0.0513. The van der Waals surface area contributed by atoms with Crippen molar-refractivity contribution in [1.29, 1.82) is 0 Å². The van der Waals surface area contributed by atoms with Crippen LogP contribution in [-0.4, -0.2) is 27.2 Å². The number of ether oxygens (including phenoxy) is 1. The van der Waals surface area contributed by atoms with Crippen molar-refractivity contribution in [3.63, 3.8) is 0 Å². The molecule has 0 radical (unpaired) electrons. The standard InChI is InChI=1S/C16H16BrClN2O3/c1-3-9-20-13(12(19-16(20)17)15(22)23-4-2)14(21)10-5-7-11(18)8-6-10/h3,5-8,14,21H,1,4,9H2,2H3. The lowest BCUT2D eigenvalue weighted by atomic mass is 10.0. The van der Waals surface area contributed by atoms with Crippen molar-refractivity contribution >= 4 is 33.5 Å². The van der Waals surface area contributed by atoms with E-state index in [1.807, 2.05) is 0 Å². The zero-order valence-corrected chi connectivity index (χ0v) is 14.8. The summed E-state index contributed by atoms with van der Waals surface area (Å²) in [5.41, 5.74) is 1.01. The third-order valence-corrected chi connectivity index (χ3v) is 4.04. The second-order valence-electron chi connectivity index (χ2n) is 4.69. The molecule has 122 valence electrons. The number of aromatic nitrogens is 2. The van der Waals surface area contributed by atoms with Crippen LogP contribution in [0.1, 0.15) is 34.8 Å². The molecule has 0 spiro atoms. The van der Waals surface area contributed by atoms with E-state index in [1.165, 1.54) is 0 Å². The zero-order valence-electron chi connectivity index (χ0n) is 12.5. The number of halogens is 2. The van der Waals surface area contributed by atoms with E-state index in [0.29, 0.717) is 27.6 Å². The molecule has 23 heavy (non-hydrogen) atoms. The molecule has 0 amide bonds. The quantitative estimate of drug-likeness (QED) is 0.593. The molecule has 0 aliphatic rings. The number of imidazole rings is 1. The van der Waals surface area contributed by atoms with Gasteiger partial charge in [0, 0.05) is 11.6 Å². The van der Waals surface area contributed by atoms with Gasteiger partial charge in [0.1, 0.15) is 6.10 Å². The molecular formula is C16H16BrClN2O3. The first-order valence-electron chi connectivity index (χ1n) is 6.97. The summed E-state index contributed by atoms with van der Waals surface area (Å²) in [6, 6.07) is 6.74. The SMILES string of the molecule is C=CCn1c(Br)nc(C(=O)OCC)c1C(O)c1ccc(Cl)cc1. The minimum Gasteiger partial charge on any atom is -0.461 e. The lowest BCUT2D eigenvalue weighted by Crippen LogP contribution is -2.15. The number of hydrogen-bond acceptors (Lipinski definition) is 4. The maximum absolute atomic E-state index is 12.1. The number of aliphatic hydroxyl groups is 1. The van der Waals surface area contributed by atoms with E-state index in [-0.39, 0.29) is 12.3 Å². The van der Waals surface area contributed by atoms with E-state index >= 15 is 0 Å². The Kier molecular flexibility index (Phi) is 5.98. The largest absolute Gasteiger partial charge is 0.461 e. The highest BCUT2D eigenvalue weighted by Gasteiger charge is 2.28. The highest BCUT2D eigenvalue weighted by atomic mass is 79.9. The number of nitrogens with zero attached hydrogens (tertiary/aromatic N) is 2. The molecule has 0 saturated carbocycles. The summed E-state index contributed by atoms with van der Waals surface area (Å²) in [6.07, 6.45) is 0.602. The number of benzene rings is 1. The van der Waals surface area contributed by atoms with Crippen LogP contribution < -0.4 is 0 Å². The normalized spacial score (nSPS) is 12.0. The first-order valence-corrected chi connectivity index (χ1v) is 8.14. The molecule has 1 atom stereocenters. The van der Waals surface area contributed by atoms with Crippen LogP contribution in [0.2, 0.25) is 5.02 Å². The zero-order chi connectivity index (χ0) is 17.0. The molecule has 1 aromatic heterocycles. The Balaban J connectivity index is 2.54. The molecule has 1 N–H and O–H groups in total. The van der Waals surface area contributed by atoms with Crippen LogP contribution >= 0.6 is 27.5 Å². The van der Waals surface area contributed by atoms with E-state index in [4.69, 9.17) is 16.3 Å². The highest BCUT2D eigenvalue weighted by molar-refractivity contribution is 9.10. The minimum atomic E-state index is -1.05. The number of aliphatic hydroxyl groups excluding tert-OH is 1. The molecule has 7 heteroatoms. The van der Waals surface area contributed by atoms with Crippen LogP contribution in [-0.2, 0) is 11.3 Å². The van der Waals surface area contributed by atoms with Crippen molar-refractivity contribution in [2.75, 3.05) is 6.61 Å². The Labute approximate surface area is 147 Å². The maximum atomic E-state index is 12.1. The lowest BCUT2D eigenvalue weighted by Gasteiger charge is -2.15. The number of esters is 1. The van der Waals surface area contributed by atoms with Gasteiger partial charge in [-0.3, -0.25) is 0 Å². The van der Waals surface area contributed by atoms with E-state index in [2.05, 4.69) is 27.5 Å². The molecular weight excluding hydrogens is 384 g/mol. The summed E-state index contributed by atoms with van der Waals surface area (Å²) in [4.78, 5) is 16.3. The molecule has 0 aliphatic heterocycles. The fraction of sp³-hybridized carbons (Fsp3) is 0.250. The number of rotatable bonds is 6. The highest BCUT2D eigenvalue weighted by Crippen LogP contribution is 2.29. The van der Waals surface area contributed by atoms with Gasteiger partial charge in [-0.25, -0.2) is 9.78 Å². The van der Waals surface area contributed by atoms with Gasteiger partial charge in [0.05, 0.1) is 12.3 Å². The summed E-state index contributed by atoms with van der Waals surface area (Å²) < 4.78 is 7.11. The van der Waals surface area contributed by atoms with Crippen molar-refractivity contribution in [2.24, 2.45) is 0 Å². The van der Waals surface area contributed by atoms with Crippen LogP contribution in [0.25, 0.3) is 0 Å². The van der Waals surface area contributed by atoms with E-state index < -0.39 is 12.1 Å². The molecule has 0 saturated heterocycles. The molecule has 0 fully saturated rings. The van der Waals surface area contributed by atoms with Crippen molar-refractivity contribution in [3.8, 4) is 0 Å². The first kappa shape index (κ1) is 17.7. The van der Waals surface area contributed by atoms with Crippen molar-refractivity contribution in [2.45, 2.75) is 19.6 Å². The summed E-state index contributed by atoms with van der Waals surface area (Å²) in [6.45, 7) is 6.00. The van der Waals surface area contributed by atoms with Crippen LogP contribution in [0.5, 0.6) is 0 Å². The van der Waals surface area contributed by atoms with Crippen molar-refractivity contribution in [1.82, 2.24) is 9.55 Å². The summed E-state index contributed by atoms with van der Waals surface area (Å²) in [5, 5.41) is 11.3. The monoisotopic (exact) mass is 398 g/mol. The molecule has 2 rings (SSSR count). The minimum absolute atomic E-state index is 0.0722. The third kappa shape index (κ3) is 3.83. The van der Waals surface area contributed by atoms with Gasteiger partial charge in [0.2, 0.25) is 0 Å². The number of carbonyl (C=O) groups is 1. The number of hydrogen-bond donors (Lipinski definition) is 1. The Morgan fingerprint density at radius 3 is 2.74 bits per heavy atom. The van der Waals surface area contributed by atoms with Crippen molar-refractivity contribution in [3.05, 3.63) is 63.6 Å². The summed E-state index contributed by atoms with van der Waals surface area (Å²) >= 11 is 9.18. The predicted molar refractivity (Wildman–Crippen MR) is 91.6 cm³/mol. The van der Waals surface area contributed by atoms with E-state index in [9.17, 15) is 9.90 Å². The van der Waals surface area contributed by atoms with Crippen molar-refractivity contribution < 1.29 is 14.6 Å². The molecule has 5 nitrogen and oxygen atoms in total. The van der Waals surface area contributed by atoms with Gasteiger partial charge >= 0.3 is 5.97 Å². The van der Waals surface area contributed by atoms with Gasteiger partial charge in [-0.05, 0) is 40.5 Å². The molecule has 0 aliphatic carbocycles. The predicted octanol–water partition coefficient (Wildman–Crippen LogP) is 3.74. The second kappa shape index (κ2) is 7.77. The van der Waals surface area contributed by atoms with Crippen LogP contribution in [0.3, 0.4) is 0 Å². The average molecular weight is 400 g/mol. The molecule has 0 bridgehead atoms. The Bertz CT molecular complexity index is 713. The third-order valence-electron chi connectivity index (χ3n) is 3.19. The maximum Gasteiger partial charge on any atom is 0.358 e. The van der Waals surface area contributed by atoms with Crippen LogP contribution in [0.15, 0.2) is 41.7 Å². The van der Waals surface area contributed by atoms with E-state index in [1.54, 1.807) is 41.8 Å². The Morgan fingerprint density at radius 2 is 2.17 bits per heavy atom. The second-order valence-corrected chi connectivity index (χ2v) is 5.83. The van der Waals surface area contributed by atoms with Gasteiger partial charge in [-0.15, -0.1) is 6.58 Å². The topological polar surface area (TPSA) is 64.4 Å². The van der Waals surface area contributed by atoms with Gasteiger partial charge < -0.3 is 14.4 Å². The smallest absolute Gasteiger partial charge is 0.358 e. The van der Waals surface area contributed by atoms with Gasteiger partial charge in [-0.2, -0.15) is 0 Å². The fourth-order valence-electron chi connectivity index (χ4n) is 2.17. The summed E-state index contributed by atoms with van der Waals surface area (Å²) in [5.74, 6) is -0.584. The molecule has 1 aromatic carbocycles. The molecule has 2 aromatic rings. The number of allylic oxidation sites excluding steroid dienone is 1. The Morgan fingerprint density at radius 1 is 1.52 bits per heavy atom. The Hall–Kier alpha value is -1.63. The molecule has 1 heterocycles. The summed E-state index contributed by atoms with van der Waals surface area (Å²) in [7, 11) is 0. The van der Waals surface area contributed by atoms with Gasteiger partial charge in [-0.1, -0.05) is 29.8 Å². The fourth-order valence-corrected chi connectivity index (χ4v) is 2.81. The van der Waals surface area contributed by atoms with Gasteiger partial charge in [0.15, 0.2) is 10.4 Å². The average Bonchev–Trinajstić information content (AvgIpc) is 2.85. The van der Waals surface area contributed by atoms with E-state index in [0.717, 1.165) is 0 Å². The molecule has 1 unspecified atom stereocenters.